The van der Waals surface area contributed by atoms with Crippen molar-refractivity contribution in [1.82, 2.24) is 10.3 Å². The van der Waals surface area contributed by atoms with Gasteiger partial charge in [0.15, 0.2) is 5.84 Å². The Kier molecular flexibility index (Phi) is 5.55. The van der Waals surface area contributed by atoms with Crippen LogP contribution in [0.1, 0.15) is 43.4 Å². The van der Waals surface area contributed by atoms with Crippen LogP contribution in [0.25, 0.3) is 0 Å². The van der Waals surface area contributed by atoms with E-state index in [1.54, 1.807) is 11.8 Å². The number of amidine groups is 1. The van der Waals surface area contributed by atoms with Crippen molar-refractivity contribution < 1.29 is 5.21 Å². The summed E-state index contributed by atoms with van der Waals surface area (Å²) in [5.74, 6) is 0.0531. The van der Waals surface area contributed by atoms with E-state index < -0.39 is 0 Å². The van der Waals surface area contributed by atoms with Crippen LogP contribution < -0.4 is 11.1 Å². The first-order valence-electron chi connectivity index (χ1n) is 7.11. The Morgan fingerprint density at radius 1 is 1.45 bits per heavy atom. The highest BCUT2D eigenvalue weighted by Crippen LogP contribution is 2.19. The summed E-state index contributed by atoms with van der Waals surface area (Å²) in [6.07, 6.45) is 10.2. The number of rotatable bonds is 6. The highest BCUT2D eigenvalue weighted by molar-refractivity contribution is 5.96. The lowest BCUT2D eigenvalue weighted by atomic mass is 9.97. The summed E-state index contributed by atoms with van der Waals surface area (Å²) in [6, 6.07) is 3.79. The third-order valence-electron chi connectivity index (χ3n) is 3.56. The molecule has 5 nitrogen and oxygen atoms in total. The van der Waals surface area contributed by atoms with Crippen LogP contribution in [0.3, 0.4) is 0 Å². The number of pyridine rings is 1. The Bertz CT molecular complexity index is 496. The van der Waals surface area contributed by atoms with Crippen LogP contribution in [0.15, 0.2) is 35.1 Å². The minimum Gasteiger partial charge on any atom is -0.409 e. The first-order chi connectivity index (χ1) is 9.81. The second-order valence-corrected chi connectivity index (χ2v) is 5.03. The van der Waals surface area contributed by atoms with Crippen molar-refractivity contribution in [2.45, 2.75) is 38.6 Å². The zero-order valence-electron chi connectivity index (χ0n) is 11.7. The van der Waals surface area contributed by atoms with Crippen molar-refractivity contribution in [1.29, 1.82) is 0 Å². The van der Waals surface area contributed by atoms with Gasteiger partial charge in [0.05, 0.1) is 0 Å². The molecule has 0 aromatic carbocycles. The van der Waals surface area contributed by atoms with E-state index >= 15 is 0 Å². The van der Waals surface area contributed by atoms with Gasteiger partial charge in [-0.05, 0) is 50.3 Å². The molecule has 0 atom stereocenters. The van der Waals surface area contributed by atoms with E-state index in [4.69, 9.17) is 10.9 Å². The smallest absolute Gasteiger partial charge is 0.189 e. The highest BCUT2D eigenvalue weighted by atomic mass is 16.4. The molecule has 1 aromatic rings. The molecule has 1 heterocycles. The minimum absolute atomic E-state index is 0.0531. The molecular formula is C15H22N4O. The summed E-state index contributed by atoms with van der Waals surface area (Å²) >= 11 is 0. The molecule has 0 saturated heterocycles. The summed E-state index contributed by atoms with van der Waals surface area (Å²) in [7, 11) is 0. The molecule has 0 saturated carbocycles. The fraction of sp³-hybridized carbons (Fsp3) is 0.467. The predicted octanol–water partition coefficient (Wildman–Crippen LogP) is 2.16. The fourth-order valence-corrected chi connectivity index (χ4v) is 2.46. The monoisotopic (exact) mass is 274 g/mol. The zero-order chi connectivity index (χ0) is 14.2. The Morgan fingerprint density at radius 2 is 2.35 bits per heavy atom. The number of oxime groups is 1. The first kappa shape index (κ1) is 14.5. The number of hydrogen-bond donors (Lipinski definition) is 3. The predicted molar refractivity (Wildman–Crippen MR) is 79.6 cm³/mol. The van der Waals surface area contributed by atoms with Crippen LogP contribution in [-0.4, -0.2) is 22.6 Å². The number of allylic oxidation sites excluding steroid dienone is 1. The van der Waals surface area contributed by atoms with E-state index in [0.29, 0.717) is 12.2 Å². The van der Waals surface area contributed by atoms with Gasteiger partial charge in [-0.2, -0.15) is 0 Å². The number of nitrogens with two attached hydrogens (primary N) is 1. The molecule has 0 unspecified atom stereocenters. The number of hydrogen-bond acceptors (Lipinski definition) is 4. The van der Waals surface area contributed by atoms with E-state index in [1.165, 1.54) is 25.7 Å². The van der Waals surface area contributed by atoms with Crippen molar-refractivity contribution in [2.75, 3.05) is 6.54 Å². The van der Waals surface area contributed by atoms with Gasteiger partial charge < -0.3 is 16.3 Å². The molecule has 2 rings (SSSR count). The molecule has 0 amide bonds. The number of aromatic nitrogens is 1. The standard InChI is InChI=1S/C15H22N4O/c16-15(19-20)14-13(7-4-9-18-14)11-17-10-8-12-5-2-1-3-6-12/h4-5,7,9,17,20H,1-3,6,8,10-11H2,(H2,16,19). The highest BCUT2D eigenvalue weighted by Gasteiger charge is 2.08. The minimum atomic E-state index is 0.0531. The van der Waals surface area contributed by atoms with Crippen molar-refractivity contribution >= 4 is 5.84 Å². The Hall–Kier alpha value is -1.88. The van der Waals surface area contributed by atoms with E-state index in [0.717, 1.165) is 18.5 Å². The van der Waals surface area contributed by atoms with Gasteiger partial charge in [0.2, 0.25) is 0 Å². The third-order valence-corrected chi connectivity index (χ3v) is 3.56. The molecule has 108 valence electrons. The maximum Gasteiger partial charge on any atom is 0.189 e. The van der Waals surface area contributed by atoms with E-state index in [1.807, 2.05) is 12.1 Å². The summed E-state index contributed by atoms with van der Waals surface area (Å²) in [4.78, 5) is 4.15. The second kappa shape index (κ2) is 7.65. The number of nitrogens with zero attached hydrogens (tertiary/aromatic N) is 2. The lowest BCUT2D eigenvalue weighted by molar-refractivity contribution is 0.318. The average Bonchev–Trinajstić information content (AvgIpc) is 2.52. The molecule has 20 heavy (non-hydrogen) atoms. The molecule has 1 aliphatic carbocycles. The van der Waals surface area contributed by atoms with Crippen molar-refractivity contribution in [3.05, 3.63) is 41.2 Å². The van der Waals surface area contributed by atoms with Crippen LogP contribution >= 0.6 is 0 Å². The molecule has 1 aromatic heterocycles. The van der Waals surface area contributed by atoms with Crippen molar-refractivity contribution in [2.24, 2.45) is 10.9 Å². The Labute approximate surface area is 119 Å². The van der Waals surface area contributed by atoms with Gasteiger partial charge >= 0.3 is 0 Å². The molecule has 0 spiro atoms. The lowest BCUT2D eigenvalue weighted by Gasteiger charge is -2.13. The van der Waals surface area contributed by atoms with Crippen molar-refractivity contribution in [3.63, 3.8) is 0 Å². The Morgan fingerprint density at radius 3 is 3.10 bits per heavy atom. The molecule has 1 aliphatic rings. The summed E-state index contributed by atoms with van der Waals surface area (Å²) in [6.45, 7) is 1.61. The molecular weight excluding hydrogens is 252 g/mol. The maximum atomic E-state index is 8.75. The average molecular weight is 274 g/mol. The van der Waals surface area contributed by atoms with Gasteiger partial charge in [-0.1, -0.05) is 22.9 Å². The van der Waals surface area contributed by atoms with Gasteiger partial charge in [-0.3, -0.25) is 4.98 Å². The molecule has 0 fully saturated rings. The molecule has 0 bridgehead atoms. The maximum absolute atomic E-state index is 8.75. The van der Waals surface area contributed by atoms with Gasteiger partial charge in [-0.25, -0.2) is 0 Å². The topological polar surface area (TPSA) is 83.5 Å². The largest absolute Gasteiger partial charge is 0.409 e. The quantitative estimate of drug-likeness (QED) is 0.185. The van der Waals surface area contributed by atoms with Crippen LogP contribution in [0.4, 0.5) is 0 Å². The molecule has 5 heteroatoms. The van der Waals surface area contributed by atoms with Gasteiger partial charge in [-0.15, -0.1) is 0 Å². The van der Waals surface area contributed by atoms with Gasteiger partial charge in [0.1, 0.15) is 5.69 Å². The molecule has 4 N–H and O–H groups in total. The fourth-order valence-electron chi connectivity index (χ4n) is 2.46. The zero-order valence-corrected chi connectivity index (χ0v) is 11.7. The SMILES string of the molecule is NC(=NO)c1ncccc1CNCCC1=CCCCC1. The van der Waals surface area contributed by atoms with E-state index in [-0.39, 0.29) is 5.84 Å². The molecule has 0 aliphatic heterocycles. The van der Waals surface area contributed by atoms with Crippen LogP contribution in [0.5, 0.6) is 0 Å². The number of nitrogens with one attached hydrogen (secondary N) is 1. The summed E-state index contributed by atoms with van der Waals surface area (Å²) in [5, 5.41) is 15.2. The lowest BCUT2D eigenvalue weighted by Crippen LogP contribution is -2.22. The molecule has 0 radical (unpaired) electrons. The second-order valence-electron chi connectivity index (χ2n) is 5.03. The van der Waals surface area contributed by atoms with E-state index in [2.05, 4.69) is 21.5 Å². The summed E-state index contributed by atoms with van der Waals surface area (Å²) < 4.78 is 0. The van der Waals surface area contributed by atoms with Crippen LogP contribution in [-0.2, 0) is 6.54 Å². The van der Waals surface area contributed by atoms with Crippen molar-refractivity contribution in [3.8, 4) is 0 Å². The first-order valence-corrected chi connectivity index (χ1v) is 7.11. The van der Waals surface area contributed by atoms with E-state index in [9.17, 15) is 0 Å². The van der Waals surface area contributed by atoms with Crippen LogP contribution in [0, 0.1) is 0 Å². The van der Waals surface area contributed by atoms with Gasteiger partial charge in [0, 0.05) is 12.7 Å². The normalized spacial score (nSPS) is 16.0. The summed E-state index contributed by atoms with van der Waals surface area (Å²) in [5.41, 5.74) is 8.66. The third kappa shape index (κ3) is 4.06. The van der Waals surface area contributed by atoms with Gasteiger partial charge in [0.25, 0.3) is 0 Å². The Balaban J connectivity index is 1.83. The van der Waals surface area contributed by atoms with Crippen LogP contribution in [0.2, 0.25) is 0 Å².